The lowest BCUT2D eigenvalue weighted by atomic mass is 10.2. The van der Waals surface area contributed by atoms with Crippen molar-refractivity contribution in [3.8, 4) is 5.75 Å². The van der Waals surface area contributed by atoms with Gasteiger partial charge >= 0.3 is 0 Å². The van der Waals surface area contributed by atoms with E-state index in [9.17, 15) is 0 Å². The Kier molecular flexibility index (Phi) is 4.44. The Balaban J connectivity index is 1.97. The summed E-state index contributed by atoms with van der Waals surface area (Å²) in [6.07, 6.45) is 0. The number of piperazine rings is 1. The topological polar surface area (TPSA) is 41.7 Å². The number of para-hydroxylation sites is 2. The van der Waals surface area contributed by atoms with Gasteiger partial charge in [-0.15, -0.1) is 0 Å². The second kappa shape index (κ2) is 6.07. The molecule has 4 nitrogen and oxygen atoms in total. The third-order valence-corrected chi connectivity index (χ3v) is 3.34. The van der Waals surface area contributed by atoms with E-state index in [0.717, 1.165) is 38.5 Å². The summed E-state index contributed by atoms with van der Waals surface area (Å²) in [7, 11) is 1.73. The number of ether oxygens (including phenoxy) is 1. The molecule has 0 saturated carbocycles. The minimum absolute atomic E-state index is 0.253. The third kappa shape index (κ3) is 3.15. The highest BCUT2D eigenvalue weighted by Crippen LogP contribution is 2.28. The standard InChI is InChI=1S/C14H23N3O/c1-12(15)11-16-7-9-17(10-8-16)13-5-3-4-6-14(13)18-2/h3-6,12H,7-11,15H2,1-2H3/t12-/m1/s1. The quantitative estimate of drug-likeness (QED) is 0.869. The van der Waals surface area contributed by atoms with Crippen LogP contribution in [0.15, 0.2) is 24.3 Å². The molecular formula is C14H23N3O. The molecule has 1 aromatic rings. The average molecular weight is 249 g/mol. The zero-order valence-corrected chi connectivity index (χ0v) is 11.3. The van der Waals surface area contributed by atoms with Gasteiger partial charge in [0, 0.05) is 38.8 Å². The predicted molar refractivity (Wildman–Crippen MR) is 75.3 cm³/mol. The van der Waals surface area contributed by atoms with E-state index in [2.05, 4.69) is 28.9 Å². The van der Waals surface area contributed by atoms with E-state index in [1.54, 1.807) is 7.11 Å². The maximum absolute atomic E-state index is 5.84. The molecule has 1 aliphatic rings. The van der Waals surface area contributed by atoms with Crippen LogP contribution >= 0.6 is 0 Å². The van der Waals surface area contributed by atoms with Crippen LogP contribution in [-0.4, -0.2) is 50.8 Å². The van der Waals surface area contributed by atoms with Crippen LogP contribution in [0.4, 0.5) is 5.69 Å². The minimum Gasteiger partial charge on any atom is -0.495 e. The number of nitrogens with two attached hydrogens (primary N) is 1. The molecule has 0 aliphatic carbocycles. The highest BCUT2D eigenvalue weighted by atomic mass is 16.5. The Bertz CT molecular complexity index is 373. The van der Waals surface area contributed by atoms with Gasteiger partial charge in [-0.05, 0) is 19.1 Å². The number of hydrogen-bond donors (Lipinski definition) is 1. The fourth-order valence-corrected chi connectivity index (χ4v) is 2.47. The summed E-state index contributed by atoms with van der Waals surface area (Å²) in [4.78, 5) is 4.81. The number of nitrogens with zero attached hydrogens (tertiary/aromatic N) is 2. The van der Waals surface area contributed by atoms with E-state index in [-0.39, 0.29) is 6.04 Å². The minimum atomic E-state index is 0.253. The van der Waals surface area contributed by atoms with Crippen LogP contribution < -0.4 is 15.4 Å². The molecule has 0 radical (unpaired) electrons. The summed E-state index contributed by atoms with van der Waals surface area (Å²) < 4.78 is 5.41. The molecule has 18 heavy (non-hydrogen) atoms. The van der Waals surface area contributed by atoms with Gasteiger partial charge in [-0.3, -0.25) is 4.90 Å². The number of anilines is 1. The second-order valence-electron chi connectivity index (χ2n) is 4.94. The summed E-state index contributed by atoms with van der Waals surface area (Å²) in [6, 6.07) is 8.47. The average Bonchev–Trinajstić information content (AvgIpc) is 2.39. The summed E-state index contributed by atoms with van der Waals surface area (Å²) in [5.74, 6) is 0.957. The largest absolute Gasteiger partial charge is 0.495 e. The first-order valence-electron chi connectivity index (χ1n) is 6.56. The van der Waals surface area contributed by atoms with Gasteiger partial charge in [0.1, 0.15) is 5.75 Å². The van der Waals surface area contributed by atoms with Gasteiger partial charge in [-0.2, -0.15) is 0 Å². The molecule has 1 aliphatic heterocycles. The van der Waals surface area contributed by atoms with Crippen LogP contribution in [0.25, 0.3) is 0 Å². The van der Waals surface area contributed by atoms with Crippen molar-refractivity contribution in [1.29, 1.82) is 0 Å². The lowest BCUT2D eigenvalue weighted by Gasteiger charge is -2.37. The monoisotopic (exact) mass is 249 g/mol. The van der Waals surface area contributed by atoms with Crippen LogP contribution in [0.2, 0.25) is 0 Å². The molecule has 1 aromatic carbocycles. The van der Waals surface area contributed by atoms with Crippen molar-refractivity contribution in [3.05, 3.63) is 24.3 Å². The number of methoxy groups -OCH3 is 1. The smallest absolute Gasteiger partial charge is 0.142 e. The Morgan fingerprint density at radius 2 is 1.89 bits per heavy atom. The second-order valence-corrected chi connectivity index (χ2v) is 4.94. The Morgan fingerprint density at radius 1 is 1.22 bits per heavy atom. The molecule has 0 aromatic heterocycles. The fourth-order valence-electron chi connectivity index (χ4n) is 2.47. The van der Waals surface area contributed by atoms with Crippen molar-refractivity contribution in [1.82, 2.24) is 4.90 Å². The lowest BCUT2D eigenvalue weighted by Crippen LogP contribution is -2.49. The van der Waals surface area contributed by atoms with E-state index < -0.39 is 0 Å². The Morgan fingerprint density at radius 3 is 2.50 bits per heavy atom. The maximum atomic E-state index is 5.84. The molecular weight excluding hydrogens is 226 g/mol. The van der Waals surface area contributed by atoms with Crippen molar-refractivity contribution in [2.24, 2.45) is 5.73 Å². The molecule has 0 amide bonds. The fraction of sp³-hybridized carbons (Fsp3) is 0.571. The molecule has 1 atom stereocenters. The summed E-state index contributed by atoms with van der Waals surface area (Å²) in [5, 5.41) is 0. The summed E-state index contributed by atoms with van der Waals surface area (Å²) in [6.45, 7) is 7.26. The maximum Gasteiger partial charge on any atom is 0.142 e. The first kappa shape index (κ1) is 13.2. The van der Waals surface area contributed by atoms with Crippen LogP contribution in [0, 0.1) is 0 Å². The highest BCUT2D eigenvalue weighted by molar-refractivity contribution is 5.58. The zero-order valence-electron chi connectivity index (χ0n) is 11.3. The molecule has 2 N–H and O–H groups in total. The van der Waals surface area contributed by atoms with E-state index in [1.165, 1.54) is 5.69 Å². The highest BCUT2D eigenvalue weighted by Gasteiger charge is 2.19. The molecule has 2 rings (SSSR count). The van der Waals surface area contributed by atoms with Crippen LogP contribution in [0.3, 0.4) is 0 Å². The van der Waals surface area contributed by atoms with Gasteiger partial charge in [0.2, 0.25) is 0 Å². The number of benzene rings is 1. The van der Waals surface area contributed by atoms with Crippen molar-refractivity contribution < 1.29 is 4.74 Å². The molecule has 100 valence electrons. The molecule has 0 unspecified atom stereocenters. The van der Waals surface area contributed by atoms with E-state index >= 15 is 0 Å². The van der Waals surface area contributed by atoms with Gasteiger partial charge in [0.25, 0.3) is 0 Å². The zero-order chi connectivity index (χ0) is 13.0. The molecule has 0 bridgehead atoms. The van der Waals surface area contributed by atoms with E-state index in [1.807, 2.05) is 12.1 Å². The lowest BCUT2D eigenvalue weighted by molar-refractivity contribution is 0.246. The SMILES string of the molecule is COc1ccccc1N1CCN(C[C@@H](C)N)CC1. The van der Waals surface area contributed by atoms with Crippen LogP contribution in [0.1, 0.15) is 6.92 Å². The molecule has 0 spiro atoms. The van der Waals surface area contributed by atoms with Crippen molar-refractivity contribution >= 4 is 5.69 Å². The third-order valence-electron chi connectivity index (χ3n) is 3.34. The Hall–Kier alpha value is -1.26. The molecule has 1 saturated heterocycles. The van der Waals surface area contributed by atoms with Gasteiger partial charge in [-0.25, -0.2) is 0 Å². The molecule has 4 heteroatoms. The van der Waals surface area contributed by atoms with Gasteiger partial charge in [-0.1, -0.05) is 12.1 Å². The molecule has 1 heterocycles. The number of rotatable bonds is 4. The van der Waals surface area contributed by atoms with Gasteiger partial charge < -0.3 is 15.4 Å². The van der Waals surface area contributed by atoms with E-state index in [0.29, 0.717) is 0 Å². The first-order valence-corrected chi connectivity index (χ1v) is 6.56. The van der Waals surface area contributed by atoms with Crippen LogP contribution in [-0.2, 0) is 0 Å². The van der Waals surface area contributed by atoms with Crippen molar-refractivity contribution in [3.63, 3.8) is 0 Å². The number of hydrogen-bond acceptors (Lipinski definition) is 4. The van der Waals surface area contributed by atoms with Gasteiger partial charge in [0.05, 0.1) is 12.8 Å². The summed E-state index contributed by atoms with van der Waals surface area (Å²) >= 11 is 0. The van der Waals surface area contributed by atoms with Crippen molar-refractivity contribution in [2.45, 2.75) is 13.0 Å². The molecule has 1 fully saturated rings. The first-order chi connectivity index (χ1) is 8.70. The van der Waals surface area contributed by atoms with Crippen molar-refractivity contribution in [2.75, 3.05) is 44.7 Å². The Labute approximate surface area is 109 Å². The van der Waals surface area contributed by atoms with Crippen LogP contribution in [0.5, 0.6) is 5.75 Å². The normalized spacial score (nSPS) is 18.7. The van der Waals surface area contributed by atoms with E-state index in [4.69, 9.17) is 10.5 Å². The van der Waals surface area contributed by atoms with Gasteiger partial charge in [0.15, 0.2) is 0 Å². The predicted octanol–water partition coefficient (Wildman–Crippen LogP) is 1.16. The summed E-state index contributed by atoms with van der Waals surface area (Å²) in [5.41, 5.74) is 7.03.